The average Bonchev–Trinajstić information content (AvgIpc) is 2.87. The minimum absolute atomic E-state index is 0.437. The van der Waals surface area contributed by atoms with Crippen LogP contribution in [-0.4, -0.2) is 9.55 Å². The number of fused-ring (bicyclic) bond motifs is 1. The maximum absolute atomic E-state index is 6.48. The van der Waals surface area contributed by atoms with Gasteiger partial charge in [-0.3, -0.25) is 0 Å². The molecule has 1 saturated carbocycles. The SMILES string of the molecule is CC(C)C1CCCCC1n1c(CCl)nc2cccc(Cl)c21. The van der Waals surface area contributed by atoms with Crippen molar-refractivity contribution in [1.82, 2.24) is 9.55 Å². The van der Waals surface area contributed by atoms with Crippen LogP contribution in [0.1, 0.15) is 51.4 Å². The van der Waals surface area contributed by atoms with Gasteiger partial charge in [0.25, 0.3) is 0 Å². The van der Waals surface area contributed by atoms with Crippen LogP contribution in [0.25, 0.3) is 11.0 Å². The Morgan fingerprint density at radius 2 is 2.05 bits per heavy atom. The Kier molecular flexibility index (Phi) is 4.46. The van der Waals surface area contributed by atoms with E-state index < -0.39 is 0 Å². The van der Waals surface area contributed by atoms with E-state index in [0.29, 0.717) is 23.8 Å². The third-order valence-corrected chi connectivity index (χ3v) is 5.37. The van der Waals surface area contributed by atoms with Gasteiger partial charge >= 0.3 is 0 Å². The first-order chi connectivity index (χ1) is 10.1. The quantitative estimate of drug-likeness (QED) is 0.651. The third-order valence-electron chi connectivity index (χ3n) is 4.82. The fourth-order valence-electron chi connectivity index (χ4n) is 3.84. The van der Waals surface area contributed by atoms with E-state index in [1.807, 2.05) is 18.2 Å². The minimum atomic E-state index is 0.437. The molecular weight excluding hydrogens is 303 g/mol. The molecule has 2 unspecified atom stereocenters. The maximum atomic E-state index is 6.48. The predicted octanol–water partition coefficient (Wildman–Crippen LogP) is 5.82. The Labute approximate surface area is 136 Å². The van der Waals surface area contributed by atoms with Crippen LogP contribution in [-0.2, 0) is 5.88 Å². The lowest BCUT2D eigenvalue weighted by atomic mass is 9.77. The van der Waals surface area contributed by atoms with Crippen molar-refractivity contribution >= 4 is 34.2 Å². The van der Waals surface area contributed by atoms with Crippen LogP contribution < -0.4 is 0 Å². The molecule has 0 aliphatic heterocycles. The van der Waals surface area contributed by atoms with Gasteiger partial charge in [0, 0.05) is 6.04 Å². The summed E-state index contributed by atoms with van der Waals surface area (Å²) in [5.74, 6) is 2.73. The number of alkyl halides is 1. The zero-order chi connectivity index (χ0) is 15.0. The summed E-state index contributed by atoms with van der Waals surface area (Å²) in [5.41, 5.74) is 2.03. The molecular formula is C17H22Cl2N2. The molecule has 1 aliphatic carbocycles. The fourth-order valence-corrected chi connectivity index (χ4v) is 4.29. The van der Waals surface area contributed by atoms with E-state index in [4.69, 9.17) is 28.2 Å². The number of benzene rings is 1. The maximum Gasteiger partial charge on any atom is 0.125 e. The predicted molar refractivity (Wildman–Crippen MR) is 90.1 cm³/mol. The standard InChI is InChI=1S/C17H22Cl2N2/c1-11(2)12-6-3-4-9-15(12)21-16(10-18)20-14-8-5-7-13(19)17(14)21/h5,7-8,11-12,15H,3-4,6,9-10H2,1-2H3. The molecule has 2 nitrogen and oxygen atoms in total. The molecule has 1 aliphatic rings. The summed E-state index contributed by atoms with van der Waals surface area (Å²) in [6.45, 7) is 4.65. The van der Waals surface area contributed by atoms with Crippen molar-refractivity contribution in [3.63, 3.8) is 0 Å². The Hall–Kier alpha value is -0.730. The summed E-state index contributed by atoms with van der Waals surface area (Å²) < 4.78 is 2.34. The highest BCUT2D eigenvalue weighted by Crippen LogP contribution is 2.42. The first-order valence-electron chi connectivity index (χ1n) is 7.84. The Morgan fingerprint density at radius 3 is 2.76 bits per heavy atom. The van der Waals surface area contributed by atoms with Crippen molar-refractivity contribution in [3.05, 3.63) is 29.0 Å². The van der Waals surface area contributed by atoms with Crippen LogP contribution in [0.4, 0.5) is 0 Å². The number of para-hydroxylation sites is 1. The summed E-state index contributed by atoms with van der Waals surface area (Å²) in [6, 6.07) is 6.41. The summed E-state index contributed by atoms with van der Waals surface area (Å²) in [4.78, 5) is 4.71. The first-order valence-corrected chi connectivity index (χ1v) is 8.76. The molecule has 1 fully saturated rings. The molecule has 0 spiro atoms. The molecule has 0 saturated heterocycles. The molecule has 1 aromatic carbocycles. The fraction of sp³-hybridized carbons (Fsp3) is 0.588. The lowest BCUT2D eigenvalue weighted by molar-refractivity contribution is 0.185. The Bertz CT molecular complexity index is 633. The summed E-state index contributed by atoms with van der Waals surface area (Å²) in [5, 5.41) is 0.782. The number of nitrogens with zero attached hydrogens (tertiary/aromatic N) is 2. The van der Waals surface area contributed by atoms with Crippen LogP contribution in [0, 0.1) is 11.8 Å². The number of hydrogen-bond acceptors (Lipinski definition) is 1. The second kappa shape index (κ2) is 6.18. The van der Waals surface area contributed by atoms with Crippen LogP contribution >= 0.6 is 23.2 Å². The molecule has 1 aromatic heterocycles. The van der Waals surface area contributed by atoms with Gasteiger partial charge < -0.3 is 4.57 Å². The van der Waals surface area contributed by atoms with Crippen LogP contribution in [0.3, 0.4) is 0 Å². The van der Waals surface area contributed by atoms with Gasteiger partial charge in [-0.05, 0) is 36.8 Å². The average molecular weight is 325 g/mol. The normalized spacial score (nSPS) is 23.1. The van der Waals surface area contributed by atoms with Crippen molar-refractivity contribution in [2.24, 2.45) is 11.8 Å². The van der Waals surface area contributed by atoms with Crippen molar-refractivity contribution in [3.8, 4) is 0 Å². The van der Waals surface area contributed by atoms with Gasteiger partial charge in [0.1, 0.15) is 5.82 Å². The highest BCUT2D eigenvalue weighted by atomic mass is 35.5. The van der Waals surface area contributed by atoms with Gasteiger partial charge in [-0.25, -0.2) is 4.98 Å². The van der Waals surface area contributed by atoms with Gasteiger partial charge in [-0.15, -0.1) is 11.6 Å². The summed E-state index contributed by atoms with van der Waals surface area (Å²) in [7, 11) is 0. The van der Waals surface area contributed by atoms with Gasteiger partial charge in [0.2, 0.25) is 0 Å². The molecule has 0 radical (unpaired) electrons. The molecule has 0 N–H and O–H groups in total. The lowest BCUT2D eigenvalue weighted by Crippen LogP contribution is -2.28. The van der Waals surface area contributed by atoms with E-state index in [9.17, 15) is 0 Å². The molecule has 3 rings (SSSR count). The second-order valence-corrected chi connectivity index (χ2v) is 7.07. The third kappa shape index (κ3) is 2.68. The molecule has 2 aromatic rings. The highest BCUT2D eigenvalue weighted by molar-refractivity contribution is 6.35. The molecule has 0 bridgehead atoms. The van der Waals surface area contributed by atoms with Crippen molar-refractivity contribution in [1.29, 1.82) is 0 Å². The van der Waals surface area contributed by atoms with E-state index in [-0.39, 0.29) is 0 Å². The number of imidazole rings is 1. The lowest BCUT2D eigenvalue weighted by Gasteiger charge is -2.36. The summed E-state index contributed by atoms with van der Waals surface area (Å²) in [6.07, 6.45) is 5.09. The van der Waals surface area contributed by atoms with E-state index in [1.54, 1.807) is 0 Å². The molecule has 0 amide bonds. The van der Waals surface area contributed by atoms with E-state index in [1.165, 1.54) is 25.7 Å². The van der Waals surface area contributed by atoms with Crippen molar-refractivity contribution < 1.29 is 0 Å². The van der Waals surface area contributed by atoms with E-state index >= 15 is 0 Å². The number of hydrogen-bond donors (Lipinski definition) is 0. The first kappa shape index (κ1) is 15.2. The smallest absolute Gasteiger partial charge is 0.125 e. The van der Waals surface area contributed by atoms with E-state index in [2.05, 4.69) is 18.4 Å². The van der Waals surface area contributed by atoms with Crippen LogP contribution in [0.15, 0.2) is 18.2 Å². The monoisotopic (exact) mass is 324 g/mol. The molecule has 2 atom stereocenters. The minimum Gasteiger partial charge on any atom is -0.322 e. The molecule has 4 heteroatoms. The number of rotatable bonds is 3. The Balaban J connectivity index is 2.17. The van der Waals surface area contributed by atoms with Crippen molar-refractivity contribution in [2.75, 3.05) is 0 Å². The number of halogens is 2. The topological polar surface area (TPSA) is 17.8 Å². The Morgan fingerprint density at radius 1 is 1.29 bits per heavy atom. The van der Waals surface area contributed by atoms with Gasteiger partial charge in [-0.1, -0.05) is 44.4 Å². The highest BCUT2D eigenvalue weighted by Gasteiger charge is 2.31. The van der Waals surface area contributed by atoms with Gasteiger partial charge in [0.15, 0.2) is 0 Å². The second-order valence-electron chi connectivity index (χ2n) is 6.40. The number of aromatic nitrogens is 2. The van der Waals surface area contributed by atoms with Crippen LogP contribution in [0.5, 0.6) is 0 Å². The largest absolute Gasteiger partial charge is 0.322 e. The zero-order valence-corrected chi connectivity index (χ0v) is 14.2. The summed E-state index contributed by atoms with van der Waals surface area (Å²) >= 11 is 12.7. The van der Waals surface area contributed by atoms with E-state index in [0.717, 1.165) is 21.9 Å². The van der Waals surface area contributed by atoms with Gasteiger partial charge in [0.05, 0.1) is 21.9 Å². The van der Waals surface area contributed by atoms with Crippen LogP contribution in [0.2, 0.25) is 5.02 Å². The molecule has 1 heterocycles. The molecule has 114 valence electrons. The molecule has 21 heavy (non-hydrogen) atoms. The zero-order valence-electron chi connectivity index (χ0n) is 12.6. The van der Waals surface area contributed by atoms with Crippen molar-refractivity contribution in [2.45, 2.75) is 51.5 Å². The van der Waals surface area contributed by atoms with Gasteiger partial charge in [-0.2, -0.15) is 0 Å².